The van der Waals surface area contributed by atoms with Gasteiger partial charge in [-0.1, -0.05) is 0 Å². The molecule has 1 aliphatic rings. The number of morpholine rings is 1. The molecule has 3 rings (SSSR count). The number of aryl methyl sites for hydroxylation is 2. The molecule has 0 aliphatic carbocycles. The van der Waals surface area contributed by atoms with Gasteiger partial charge in [0.2, 0.25) is 0 Å². The summed E-state index contributed by atoms with van der Waals surface area (Å²) < 4.78 is 5.55. The van der Waals surface area contributed by atoms with Crippen LogP contribution in [-0.4, -0.2) is 56.5 Å². The van der Waals surface area contributed by atoms with Crippen molar-refractivity contribution >= 4 is 5.91 Å². The number of hydrogen-bond donors (Lipinski definition) is 0. The fourth-order valence-electron chi connectivity index (χ4n) is 2.71. The summed E-state index contributed by atoms with van der Waals surface area (Å²) in [4.78, 5) is 31.0. The monoisotopic (exact) mass is 313 g/mol. The van der Waals surface area contributed by atoms with E-state index in [1.807, 2.05) is 11.8 Å². The van der Waals surface area contributed by atoms with Crippen LogP contribution < -0.4 is 0 Å². The first-order valence-electron chi connectivity index (χ1n) is 7.67. The average Bonchev–Trinajstić information content (AvgIpc) is 2.61. The highest BCUT2D eigenvalue weighted by atomic mass is 16.5. The Hall–Kier alpha value is -2.41. The Kier molecular flexibility index (Phi) is 4.87. The summed E-state index contributed by atoms with van der Waals surface area (Å²) in [5, 5.41) is 0. The Bertz CT molecular complexity index is 665. The van der Waals surface area contributed by atoms with E-state index >= 15 is 0 Å². The van der Waals surface area contributed by atoms with Crippen LogP contribution in [0.25, 0.3) is 0 Å². The smallest absolute Gasteiger partial charge is 0.272 e. The molecule has 0 bridgehead atoms. The second-order valence-electron chi connectivity index (χ2n) is 5.45. The predicted molar refractivity (Wildman–Crippen MR) is 82.8 cm³/mol. The van der Waals surface area contributed by atoms with E-state index in [0.717, 1.165) is 24.2 Å². The number of nitrogens with zero attached hydrogens (tertiary/aromatic N) is 5. The van der Waals surface area contributed by atoms with Crippen LogP contribution >= 0.6 is 0 Å². The van der Waals surface area contributed by atoms with Gasteiger partial charge in [-0.3, -0.25) is 14.8 Å². The lowest BCUT2D eigenvalue weighted by molar-refractivity contribution is -0.00445. The Morgan fingerprint density at radius 1 is 1.30 bits per heavy atom. The molecule has 0 radical (unpaired) electrons. The van der Waals surface area contributed by atoms with Crippen molar-refractivity contribution in [3.05, 3.63) is 48.1 Å². The van der Waals surface area contributed by atoms with E-state index in [-0.39, 0.29) is 11.9 Å². The van der Waals surface area contributed by atoms with Crippen LogP contribution in [0.5, 0.6) is 0 Å². The van der Waals surface area contributed by atoms with Crippen molar-refractivity contribution in [1.82, 2.24) is 24.8 Å². The van der Waals surface area contributed by atoms with E-state index in [1.165, 1.54) is 6.33 Å². The van der Waals surface area contributed by atoms with Crippen molar-refractivity contribution < 1.29 is 9.53 Å². The minimum Gasteiger partial charge on any atom is -0.377 e. The minimum absolute atomic E-state index is 0.0209. The fraction of sp³-hybridized carbons (Fsp3) is 0.438. The van der Waals surface area contributed by atoms with Crippen LogP contribution in [0.15, 0.2) is 31.0 Å². The Morgan fingerprint density at radius 3 is 2.96 bits per heavy atom. The van der Waals surface area contributed by atoms with Gasteiger partial charge >= 0.3 is 0 Å². The number of amides is 1. The molecule has 2 aromatic heterocycles. The van der Waals surface area contributed by atoms with E-state index in [9.17, 15) is 4.79 Å². The van der Waals surface area contributed by atoms with Gasteiger partial charge < -0.3 is 9.64 Å². The number of ether oxygens (including phenoxy) is 1. The maximum absolute atomic E-state index is 12.6. The van der Waals surface area contributed by atoms with Gasteiger partial charge in [-0.15, -0.1) is 0 Å². The summed E-state index contributed by atoms with van der Waals surface area (Å²) in [6.07, 6.45) is 7.92. The van der Waals surface area contributed by atoms with Crippen LogP contribution in [0.3, 0.4) is 0 Å². The predicted octanol–water partition coefficient (Wildman–Crippen LogP) is 1.05. The molecule has 23 heavy (non-hydrogen) atoms. The topological polar surface area (TPSA) is 81.1 Å². The van der Waals surface area contributed by atoms with Crippen LogP contribution in [0.1, 0.15) is 28.3 Å². The molecule has 1 saturated heterocycles. The molecule has 1 atom stereocenters. The third kappa shape index (κ3) is 3.68. The second-order valence-corrected chi connectivity index (χ2v) is 5.45. The minimum atomic E-state index is -0.0726. The lowest BCUT2D eigenvalue weighted by Crippen LogP contribution is -2.49. The highest BCUT2D eigenvalue weighted by Gasteiger charge is 2.28. The number of carbonyl (C=O) groups excluding carboxylic acids is 1. The standard InChI is InChI=1S/C16H19N5O2/c1-12-14(19-7-6-18-12)3-2-13-10-23-9-8-21(13)16(22)15-4-5-17-11-20-15/h4-7,11,13H,2-3,8-10H2,1H3/t13-/m1/s1. The molecule has 2 aromatic rings. The quantitative estimate of drug-likeness (QED) is 0.839. The van der Waals surface area contributed by atoms with Crippen molar-refractivity contribution in [3.63, 3.8) is 0 Å². The zero-order chi connectivity index (χ0) is 16.1. The van der Waals surface area contributed by atoms with Crippen molar-refractivity contribution in [2.24, 2.45) is 0 Å². The molecule has 1 amide bonds. The van der Waals surface area contributed by atoms with E-state index in [0.29, 0.717) is 25.5 Å². The zero-order valence-corrected chi connectivity index (χ0v) is 13.1. The molecular weight excluding hydrogens is 294 g/mol. The van der Waals surface area contributed by atoms with Crippen molar-refractivity contribution in [2.75, 3.05) is 19.8 Å². The summed E-state index contributed by atoms with van der Waals surface area (Å²) in [5.41, 5.74) is 2.31. The maximum atomic E-state index is 12.6. The third-order valence-corrected chi connectivity index (χ3v) is 3.99. The summed E-state index contributed by atoms with van der Waals surface area (Å²) in [5.74, 6) is -0.0726. The van der Waals surface area contributed by atoms with Crippen molar-refractivity contribution in [3.8, 4) is 0 Å². The Balaban J connectivity index is 1.69. The van der Waals surface area contributed by atoms with Gasteiger partial charge in [-0.2, -0.15) is 0 Å². The second kappa shape index (κ2) is 7.23. The van der Waals surface area contributed by atoms with Gasteiger partial charge in [0, 0.05) is 25.1 Å². The first-order valence-corrected chi connectivity index (χ1v) is 7.67. The lowest BCUT2D eigenvalue weighted by Gasteiger charge is -2.35. The largest absolute Gasteiger partial charge is 0.377 e. The van der Waals surface area contributed by atoms with Gasteiger partial charge in [0.25, 0.3) is 5.91 Å². The molecule has 7 heteroatoms. The molecule has 0 N–H and O–H groups in total. The van der Waals surface area contributed by atoms with E-state index in [2.05, 4.69) is 19.9 Å². The van der Waals surface area contributed by atoms with Crippen molar-refractivity contribution in [1.29, 1.82) is 0 Å². The average molecular weight is 313 g/mol. The number of hydrogen-bond acceptors (Lipinski definition) is 6. The normalized spacial score (nSPS) is 18.0. The van der Waals surface area contributed by atoms with Gasteiger partial charge in [-0.05, 0) is 25.8 Å². The molecule has 0 aromatic carbocycles. The molecule has 3 heterocycles. The van der Waals surface area contributed by atoms with Crippen LogP contribution in [-0.2, 0) is 11.2 Å². The van der Waals surface area contributed by atoms with E-state index < -0.39 is 0 Å². The summed E-state index contributed by atoms with van der Waals surface area (Å²) in [7, 11) is 0. The van der Waals surface area contributed by atoms with Crippen LogP contribution in [0, 0.1) is 6.92 Å². The molecule has 1 fully saturated rings. The summed E-state index contributed by atoms with van der Waals surface area (Å²) in [6, 6.07) is 1.66. The molecular formula is C16H19N5O2. The van der Waals surface area contributed by atoms with E-state index in [4.69, 9.17) is 4.74 Å². The lowest BCUT2D eigenvalue weighted by atomic mass is 10.1. The molecule has 7 nitrogen and oxygen atoms in total. The van der Waals surface area contributed by atoms with Crippen LogP contribution in [0.2, 0.25) is 0 Å². The summed E-state index contributed by atoms with van der Waals surface area (Å²) >= 11 is 0. The van der Waals surface area contributed by atoms with Gasteiger partial charge in [0.15, 0.2) is 0 Å². The van der Waals surface area contributed by atoms with Crippen molar-refractivity contribution in [2.45, 2.75) is 25.8 Å². The molecule has 0 unspecified atom stereocenters. The van der Waals surface area contributed by atoms with Gasteiger partial charge in [-0.25, -0.2) is 9.97 Å². The number of carbonyl (C=O) groups is 1. The highest BCUT2D eigenvalue weighted by molar-refractivity contribution is 5.92. The number of rotatable bonds is 4. The molecule has 0 saturated carbocycles. The van der Waals surface area contributed by atoms with E-state index in [1.54, 1.807) is 24.7 Å². The molecule has 0 spiro atoms. The number of aromatic nitrogens is 4. The zero-order valence-electron chi connectivity index (χ0n) is 13.1. The fourth-order valence-corrected chi connectivity index (χ4v) is 2.71. The van der Waals surface area contributed by atoms with Gasteiger partial charge in [0.05, 0.1) is 30.6 Å². The maximum Gasteiger partial charge on any atom is 0.272 e. The SMILES string of the molecule is Cc1nccnc1CC[C@@H]1COCCN1C(=O)c1ccncn1. The Morgan fingerprint density at radius 2 is 2.17 bits per heavy atom. The molecule has 120 valence electrons. The Labute approximate surface area is 134 Å². The summed E-state index contributed by atoms with van der Waals surface area (Å²) in [6.45, 7) is 3.62. The molecule has 1 aliphatic heterocycles. The van der Waals surface area contributed by atoms with Crippen LogP contribution in [0.4, 0.5) is 0 Å². The first kappa shape index (κ1) is 15.5. The first-order chi connectivity index (χ1) is 11.3. The highest BCUT2D eigenvalue weighted by Crippen LogP contribution is 2.16. The third-order valence-electron chi connectivity index (χ3n) is 3.99. The van der Waals surface area contributed by atoms with Gasteiger partial charge in [0.1, 0.15) is 12.0 Å².